The average Bonchev–Trinajstić information content (AvgIpc) is 2.92. The van der Waals surface area contributed by atoms with Crippen molar-refractivity contribution in [2.75, 3.05) is 14.2 Å². The van der Waals surface area contributed by atoms with Crippen molar-refractivity contribution in [3.8, 4) is 5.75 Å². The molecular formula is C16H23ClN4O2. The van der Waals surface area contributed by atoms with E-state index in [1.54, 1.807) is 25.0 Å². The van der Waals surface area contributed by atoms with Crippen LogP contribution in [-0.2, 0) is 18.4 Å². The van der Waals surface area contributed by atoms with Gasteiger partial charge >= 0.3 is 0 Å². The molecule has 2 rings (SSSR count). The van der Waals surface area contributed by atoms with Gasteiger partial charge in [0.25, 0.3) is 0 Å². The third-order valence-electron chi connectivity index (χ3n) is 3.50. The van der Waals surface area contributed by atoms with Crippen molar-refractivity contribution in [3.63, 3.8) is 0 Å². The van der Waals surface area contributed by atoms with E-state index in [0.717, 1.165) is 22.4 Å². The Bertz CT molecular complexity index is 657. The number of aryl methyl sites for hydroxylation is 2. The normalized spacial score (nSPS) is 11.5. The van der Waals surface area contributed by atoms with E-state index in [0.29, 0.717) is 6.54 Å². The molecule has 23 heavy (non-hydrogen) atoms. The van der Waals surface area contributed by atoms with Gasteiger partial charge < -0.3 is 15.4 Å². The summed E-state index contributed by atoms with van der Waals surface area (Å²) in [5.74, 6) is 0.681. The molecule has 1 atom stereocenters. The van der Waals surface area contributed by atoms with Gasteiger partial charge in [-0.2, -0.15) is 5.10 Å². The van der Waals surface area contributed by atoms with Crippen LogP contribution in [-0.4, -0.2) is 29.8 Å². The lowest BCUT2D eigenvalue weighted by atomic mass is 10.1. The predicted molar refractivity (Wildman–Crippen MR) is 91.8 cm³/mol. The van der Waals surface area contributed by atoms with Crippen molar-refractivity contribution in [3.05, 3.63) is 47.3 Å². The van der Waals surface area contributed by atoms with Crippen LogP contribution in [0, 0.1) is 6.92 Å². The molecule has 7 heteroatoms. The second-order valence-corrected chi connectivity index (χ2v) is 5.20. The molecule has 0 saturated heterocycles. The second-order valence-electron chi connectivity index (χ2n) is 5.20. The molecule has 2 N–H and O–H groups in total. The third-order valence-corrected chi connectivity index (χ3v) is 3.50. The van der Waals surface area contributed by atoms with Crippen molar-refractivity contribution >= 4 is 18.3 Å². The van der Waals surface area contributed by atoms with Gasteiger partial charge in [0, 0.05) is 30.9 Å². The van der Waals surface area contributed by atoms with Crippen LogP contribution in [0.25, 0.3) is 0 Å². The lowest BCUT2D eigenvalue weighted by Crippen LogP contribution is -2.35. The maximum absolute atomic E-state index is 12.4. The van der Waals surface area contributed by atoms with Crippen molar-refractivity contribution in [1.82, 2.24) is 20.4 Å². The van der Waals surface area contributed by atoms with E-state index in [1.165, 1.54) is 0 Å². The number of carbonyl (C=O) groups is 1. The number of halogens is 1. The van der Waals surface area contributed by atoms with Crippen LogP contribution in [0.3, 0.4) is 0 Å². The van der Waals surface area contributed by atoms with E-state index in [1.807, 2.05) is 38.4 Å². The smallest absolute Gasteiger partial charge is 0.242 e. The Morgan fingerprint density at radius 1 is 1.43 bits per heavy atom. The highest BCUT2D eigenvalue weighted by Crippen LogP contribution is 2.20. The number of rotatable bonds is 6. The van der Waals surface area contributed by atoms with E-state index < -0.39 is 6.04 Å². The quantitative estimate of drug-likeness (QED) is 0.841. The first kappa shape index (κ1) is 19.0. The molecule has 126 valence electrons. The Morgan fingerprint density at radius 2 is 2.17 bits per heavy atom. The van der Waals surface area contributed by atoms with Gasteiger partial charge in [-0.25, -0.2) is 0 Å². The van der Waals surface area contributed by atoms with Crippen molar-refractivity contribution in [1.29, 1.82) is 0 Å². The maximum atomic E-state index is 12.4. The molecule has 2 aromatic rings. The number of aromatic nitrogens is 2. The largest absolute Gasteiger partial charge is 0.496 e. The fourth-order valence-electron chi connectivity index (χ4n) is 2.32. The summed E-state index contributed by atoms with van der Waals surface area (Å²) in [6.45, 7) is 2.42. The fraction of sp³-hybridized carbons (Fsp3) is 0.375. The van der Waals surface area contributed by atoms with Crippen LogP contribution in [0.5, 0.6) is 5.75 Å². The van der Waals surface area contributed by atoms with Crippen LogP contribution in [0.15, 0.2) is 30.6 Å². The Kier molecular flexibility index (Phi) is 7.06. The minimum atomic E-state index is -0.426. The minimum absolute atomic E-state index is 0. The number of ether oxygens (including phenoxy) is 1. The van der Waals surface area contributed by atoms with Gasteiger partial charge in [-0.15, -0.1) is 12.4 Å². The molecule has 1 amide bonds. The first-order chi connectivity index (χ1) is 10.5. The van der Waals surface area contributed by atoms with Crippen LogP contribution in [0.1, 0.15) is 22.7 Å². The molecular weight excluding hydrogens is 316 g/mol. The highest BCUT2D eigenvalue weighted by atomic mass is 35.5. The Hall–Kier alpha value is -2.05. The molecule has 0 spiro atoms. The number of likely N-dealkylation sites (N-methyl/N-ethyl adjacent to an activating group) is 1. The number of nitrogens with zero attached hydrogens (tertiary/aromatic N) is 2. The summed E-state index contributed by atoms with van der Waals surface area (Å²) in [5, 5.41) is 10.0. The fourth-order valence-corrected chi connectivity index (χ4v) is 2.32. The van der Waals surface area contributed by atoms with E-state index in [-0.39, 0.29) is 18.3 Å². The number of carbonyl (C=O) groups excluding carboxylic acids is 1. The lowest BCUT2D eigenvalue weighted by molar-refractivity contribution is -0.123. The van der Waals surface area contributed by atoms with E-state index in [9.17, 15) is 4.79 Å². The van der Waals surface area contributed by atoms with Crippen molar-refractivity contribution in [2.24, 2.45) is 7.05 Å². The monoisotopic (exact) mass is 338 g/mol. The average molecular weight is 339 g/mol. The summed E-state index contributed by atoms with van der Waals surface area (Å²) in [7, 11) is 5.21. The zero-order chi connectivity index (χ0) is 16.1. The highest BCUT2D eigenvalue weighted by Gasteiger charge is 2.20. The second kappa shape index (κ2) is 8.55. The molecule has 1 heterocycles. The molecule has 0 bridgehead atoms. The standard InChI is InChI=1S/C16H22N4O2.ClH/c1-11-5-6-12(14(7-11)22-4)8-18-16(21)15(17-2)13-9-19-20(3)10-13;/h5-7,9-10,15,17H,8H2,1-4H3,(H,18,21);1H. The summed E-state index contributed by atoms with van der Waals surface area (Å²) >= 11 is 0. The van der Waals surface area contributed by atoms with Gasteiger partial charge in [-0.3, -0.25) is 9.48 Å². The summed E-state index contributed by atoms with van der Waals surface area (Å²) in [6, 6.07) is 5.50. The Morgan fingerprint density at radius 3 is 2.74 bits per heavy atom. The zero-order valence-electron chi connectivity index (χ0n) is 13.8. The SMILES string of the molecule is CNC(C(=O)NCc1ccc(C)cc1OC)c1cnn(C)c1.Cl. The minimum Gasteiger partial charge on any atom is -0.496 e. The number of methoxy groups -OCH3 is 1. The molecule has 1 aromatic carbocycles. The Balaban J connectivity index is 0.00000264. The van der Waals surface area contributed by atoms with Crippen LogP contribution >= 0.6 is 12.4 Å². The van der Waals surface area contributed by atoms with Gasteiger partial charge in [-0.1, -0.05) is 12.1 Å². The number of hydrogen-bond donors (Lipinski definition) is 2. The molecule has 1 aromatic heterocycles. The molecule has 0 fully saturated rings. The molecule has 0 aliphatic rings. The first-order valence-corrected chi connectivity index (χ1v) is 7.12. The van der Waals surface area contributed by atoms with Gasteiger partial charge in [0.05, 0.1) is 13.3 Å². The van der Waals surface area contributed by atoms with Gasteiger partial charge in [0.1, 0.15) is 11.8 Å². The summed E-state index contributed by atoms with van der Waals surface area (Å²) in [5.41, 5.74) is 2.90. The van der Waals surface area contributed by atoms with Crippen LogP contribution in [0.4, 0.5) is 0 Å². The van der Waals surface area contributed by atoms with Gasteiger partial charge in [0.15, 0.2) is 0 Å². The van der Waals surface area contributed by atoms with Crippen molar-refractivity contribution < 1.29 is 9.53 Å². The van der Waals surface area contributed by atoms with Gasteiger partial charge in [-0.05, 0) is 25.6 Å². The predicted octanol–water partition coefficient (Wildman–Crippen LogP) is 1.74. The summed E-state index contributed by atoms with van der Waals surface area (Å²) in [6.07, 6.45) is 3.51. The highest BCUT2D eigenvalue weighted by molar-refractivity contribution is 5.85. The van der Waals surface area contributed by atoms with Gasteiger partial charge in [0.2, 0.25) is 5.91 Å². The zero-order valence-corrected chi connectivity index (χ0v) is 14.6. The molecule has 0 aliphatic carbocycles. The van der Waals surface area contributed by atoms with Crippen molar-refractivity contribution in [2.45, 2.75) is 19.5 Å². The number of benzene rings is 1. The number of amides is 1. The van der Waals surface area contributed by atoms with E-state index in [2.05, 4.69) is 15.7 Å². The third kappa shape index (κ3) is 4.71. The lowest BCUT2D eigenvalue weighted by Gasteiger charge is -2.16. The van der Waals surface area contributed by atoms with E-state index >= 15 is 0 Å². The topological polar surface area (TPSA) is 68.2 Å². The first-order valence-electron chi connectivity index (χ1n) is 7.12. The molecule has 0 aliphatic heterocycles. The number of hydrogen-bond acceptors (Lipinski definition) is 4. The number of nitrogens with one attached hydrogen (secondary N) is 2. The molecule has 0 saturated carbocycles. The molecule has 1 unspecified atom stereocenters. The van der Waals surface area contributed by atoms with Crippen LogP contribution < -0.4 is 15.4 Å². The summed E-state index contributed by atoms with van der Waals surface area (Å²) in [4.78, 5) is 12.4. The van der Waals surface area contributed by atoms with Crippen LogP contribution in [0.2, 0.25) is 0 Å². The molecule has 0 radical (unpaired) electrons. The molecule has 6 nitrogen and oxygen atoms in total. The summed E-state index contributed by atoms with van der Waals surface area (Å²) < 4.78 is 7.03. The Labute approximate surface area is 142 Å². The maximum Gasteiger partial charge on any atom is 0.242 e. The van der Waals surface area contributed by atoms with E-state index in [4.69, 9.17) is 4.74 Å².